The van der Waals surface area contributed by atoms with Gasteiger partial charge in [0.05, 0.1) is 4.88 Å². The lowest BCUT2D eigenvalue weighted by Crippen LogP contribution is -2.49. The van der Waals surface area contributed by atoms with Crippen molar-refractivity contribution in [2.24, 2.45) is 5.92 Å². The van der Waals surface area contributed by atoms with Gasteiger partial charge in [0, 0.05) is 11.2 Å². The van der Waals surface area contributed by atoms with Crippen LogP contribution in [-0.4, -0.2) is 34.5 Å². The van der Waals surface area contributed by atoms with E-state index in [0.717, 1.165) is 11.1 Å². The molecule has 1 aromatic carbocycles. The van der Waals surface area contributed by atoms with Crippen molar-refractivity contribution in [2.75, 3.05) is 6.54 Å². The van der Waals surface area contributed by atoms with Gasteiger partial charge in [-0.15, -0.1) is 11.3 Å². The zero-order valence-corrected chi connectivity index (χ0v) is 12.9. The highest BCUT2D eigenvalue weighted by Gasteiger charge is 2.35. The van der Waals surface area contributed by atoms with Crippen LogP contribution in [0, 0.1) is 11.7 Å². The molecule has 6 heteroatoms. The highest BCUT2D eigenvalue weighted by Crippen LogP contribution is 2.30. The Morgan fingerprint density at radius 3 is 2.86 bits per heavy atom. The molecule has 3 rings (SSSR count). The number of hydrogen-bond acceptors (Lipinski definition) is 3. The van der Waals surface area contributed by atoms with Gasteiger partial charge in [-0.2, -0.15) is 0 Å². The molecular weight excluding hydrogens is 305 g/mol. The Bertz CT molecular complexity index is 742. The third-order valence-electron chi connectivity index (χ3n) is 4.10. The molecule has 4 nitrogen and oxygen atoms in total. The highest BCUT2D eigenvalue weighted by atomic mass is 32.1. The normalized spacial score (nSPS) is 22.0. The Labute approximate surface area is 131 Å². The van der Waals surface area contributed by atoms with Crippen molar-refractivity contribution < 1.29 is 19.1 Å². The van der Waals surface area contributed by atoms with Gasteiger partial charge < -0.3 is 10.0 Å². The molecule has 0 spiro atoms. The molecule has 1 N–H and O–H groups in total. The van der Waals surface area contributed by atoms with E-state index in [1.807, 2.05) is 6.92 Å². The van der Waals surface area contributed by atoms with Crippen molar-refractivity contribution >= 4 is 33.3 Å². The van der Waals surface area contributed by atoms with Gasteiger partial charge in [-0.1, -0.05) is 6.92 Å². The Balaban J connectivity index is 1.92. The second-order valence-corrected chi connectivity index (χ2v) is 6.86. The van der Waals surface area contributed by atoms with Crippen LogP contribution in [-0.2, 0) is 4.79 Å². The summed E-state index contributed by atoms with van der Waals surface area (Å²) in [7, 11) is 0. The molecular formula is C16H16FNO3S. The first-order valence-corrected chi connectivity index (χ1v) is 8.00. The molecule has 1 saturated heterocycles. The summed E-state index contributed by atoms with van der Waals surface area (Å²) >= 11 is 1.27. The number of rotatable bonds is 2. The van der Waals surface area contributed by atoms with Crippen molar-refractivity contribution in [3.05, 3.63) is 35.0 Å². The number of carboxylic acids is 1. The average Bonchev–Trinajstić information content (AvgIpc) is 2.89. The molecule has 116 valence electrons. The molecule has 0 radical (unpaired) electrons. The van der Waals surface area contributed by atoms with Crippen molar-refractivity contribution in [2.45, 2.75) is 25.8 Å². The Morgan fingerprint density at radius 1 is 1.36 bits per heavy atom. The van der Waals surface area contributed by atoms with E-state index < -0.39 is 12.0 Å². The minimum Gasteiger partial charge on any atom is -0.480 e. The Hall–Kier alpha value is -1.95. The van der Waals surface area contributed by atoms with Crippen LogP contribution >= 0.6 is 11.3 Å². The number of carbonyl (C=O) groups excluding carboxylic acids is 1. The molecule has 1 fully saturated rings. The van der Waals surface area contributed by atoms with Crippen LogP contribution in [0.15, 0.2) is 24.3 Å². The number of fused-ring (bicyclic) bond motifs is 1. The van der Waals surface area contributed by atoms with Crippen LogP contribution in [0.2, 0.25) is 0 Å². The number of hydrogen-bond donors (Lipinski definition) is 1. The molecule has 2 aromatic rings. The maximum absolute atomic E-state index is 13.2. The second kappa shape index (κ2) is 5.68. The number of likely N-dealkylation sites (tertiary alicyclic amines) is 1. The summed E-state index contributed by atoms with van der Waals surface area (Å²) in [6.45, 7) is 2.44. The van der Waals surface area contributed by atoms with E-state index in [4.69, 9.17) is 0 Å². The second-order valence-electron chi connectivity index (χ2n) is 5.77. The average molecular weight is 321 g/mol. The summed E-state index contributed by atoms with van der Waals surface area (Å²) in [6, 6.07) is 5.24. The van der Waals surface area contributed by atoms with Crippen molar-refractivity contribution in [1.82, 2.24) is 4.90 Å². The van der Waals surface area contributed by atoms with Crippen LogP contribution in [0.1, 0.15) is 29.4 Å². The summed E-state index contributed by atoms with van der Waals surface area (Å²) in [4.78, 5) is 26.0. The molecule has 1 aromatic heterocycles. The molecule has 2 unspecified atom stereocenters. The number of nitrogens with zero attached hydrogens (tertiary/aromatic N) is 1. The minimum absolute atomic E-state index is 0.277. The van der Waals surface area contributed by atoms with E-state index >= 15 is 0 Å². The van der Waals surface area contributed by atoms with E-state index in [1.165, 1.54) is 28.4 Å². The number of thiophene rings is 1. The molecule has 1 amide bonds. The molecule has 1 aliphatic heterocycles. The lowest BCUT2D eigenvalue weighted by atomic mass is 9.92. The number of benzene rings is 1. The maximum atomic E-state index is 13.2. The summed E-state index contributed by atoms with van der Waals surface area (Å²) in [5.41, 5.74) is 0. The first-order chi connectivity index (χ1) is 10.5. The molecule has 0 aliphatic carbocycles. The Kier molecular flexibility index (Phi) is 3.87. The zero-order valence-electron chi connectivity index (χ0n) is 12.1. The first kappa shape index (κ1) is 15.0. The third kappa shape index (κ3) is 2.70. The first-order valence-electron chi connectivity index (χ1n) is 7.18. The lowest BCUT2D eigenvalue weighted by molar-refractivity contribution is -0.144. The number of halogens is 1. The van der Waals surface area contributed by atoms with Crippen LogP contribution in [0.25, 0.3) is 10.1 Å². The zero-order chi connectivity index (χ0) is 15.9. The van der Waals surface area contributed by atoms with E-state index in [9.17, 15) is 19.1 Å². The summed E-state index contributed by atoms with van der Waals surface area (Å²) in [5, 5.41) is 10.0. The molecule has 1 aliphatic rings. The van der Waals surface area contributed by atoms with Crippen LogP contribution in [0.3, 0.4) is 0 Å². The lowest BCUT2D eigenvalue weighted by Gasteiger charge is -2.35. The molecule has 2 atom stereocenters. The monoisotopic (exact) mass is 321 g/mol. The summed E-state index contributed by atoms with van der Waals surface area (Å²) in [6.07, 6.45) is 1.27. The smallest absolute Gasteiger partial charge is 0.326 e. The van der Waals surface area contributed by atoms with E-state index in [1.54, 1.807) is 12.1 Å². The standard InChI is InChI=1S/C16H16FNO3S/c1-9-4-5-18(12(6-9)16(20)21)15(19)14-8-10-7-11(17)2-3-13(10)22-14/h2-3,7-9,12H,4-6H2,1H3,(H,20,21). The van der Waals surface area contributed by atoms with Gasteiger partial charge in [-0.25, -0.2) is 9.18 Å². The van der Waals surface area contributed by atoms with E-state index in [-0.39, 0.29) is 11.7 Å². The van der Waals surface area contributed by atoms with Gasteiger partial charge in [0.1, 0.15) is 11.9 Å². The topological polar surface area (TPSA) is 57.6 Å². The number of carboxylic acid groups (broad SMARTS) is 1. The number of carbonyl (C=O) groups is 2. The van der Waals surface area contributed by atoms with Crippen molar-refractivity contribution in [1.29, 1.82) is 0 Å². The van der Waals surface area contributed by atoms with E-state index in [2.05, 4.69) is 0 Å². The largest absolute Gasteiger partial charge is 0.480 e. The molecule has 2 heterocycles. The predicted octanol–water partition coefficient (Wildman–Crippen LogP) is 3.37. The Morgan fingerprint density at radius 2 is 2.14 bits per heavy atom. The van der Waals surface area contributed by atoms with Gasteiger partial charge >= 0.3 is 5.97 Å². The van der Waals surface area contributed by atoms with Gasteiger partial charge in [0.2, 0.25) is 0 Å². The van der Waals surface area contributed by atoms with E-state index in [0.29, 0.717) is 29.1 Å². The number of piperidine rings is 1. The van der Waals surface area contributed by atoms with Crippen LogP contribution in [0.4, 0.5) is 4.39 Å². The number of amides is 1. The molecule has 0 saturated carbocycles. The fraction of sp³-hybridized carbons (Fsp3) is 0.375. The summed E-state index contributed by atoms with van der Waals surface area (Å²) in [5.74, 6) is -1.30. The predicted molar refractivity (Wildman–Crippen MR) is 82.6 cm³/mol. The number of aliphatic carboxylic acids is 1. The van der Waals surface area contributed by atoms with Crippen LogP contribution in [0.5, 0.6) is 0 Å². The molecule has 22 heavy (non-hydrogen) atoms. The fourth-order valence-electron chi connectivity index (χ4n) is 2.88. The van der Waals surface area contributed by atoms with Gasteiger partial charge in [0.15, 0.2) is 0 Å². The fourth-order valence-corrected chi connectivity index (χ4v) is 3.88. The highest BCUT2D eigenvalue weighted by molar-refractivity contribution is 7.20. The van der Waals surface area contributed by atoms with Crippen LogP contribution < -0.4 is 0 Å². The SMILES string of the molecule is CC1CCN(C(=O)c2cc3cc(F)ccc3s2)C(C(=O)O)C1. The molecule has 0 bridgehead atoms. The van der Waals surface area contributed by atoms with Gasteiger partial charge in [-0.05, 0) is 48.4 Å². The van der Waals surface area contributed by atoms with Gasteiger partial charge in [0.25, 0.3) is 5.91 Å². The maximum Gasteiger partial charge on any atom is 0.326 e. The van der Waals surface area contributed by atoms with Gasteiger partial charge in [-0.3, -0.25) is 4.79 Å². The minimum atomic E-state index is -0.966. The third-order valence-corrected chi connectivity index (χ3v) is 5.20. The quantitative estimate of drug-likeness (QED) is 0.922. The van der Waals surface area contributed by atoms with Crippen molar-refractivity contribution in [3.8, 4) is 0 Å². The van der Waals surface area contributed by atoms with Crippen molar-refractivity contribution in [3.63, 3.8) is 0 Å². The summed E-state index contributed by atoms with van der Waals surface area (Å²) < 4.78 is 14.1.